The fraction of sp³-hybridized carbons (Fsp3) is 0.361. The Bertz CT molecular complexity index is 1410. The van der Waals surface area contributed by atoms with Gasteiger partial charge in [-0.1, -0.05) is 79.7 Å². The van der Waals surface area contributed by atoms with E-state index in [-0.39, 0.29) is 58.9 Å². The van der Waals surface area contributed by atoms with Crippen LogP contribution in [0.15, 0.2) is 54.6 Å². The second-order valence-corrected chi connectivity index (χ2v) is 16.0. The van der Waals surface area contributed by atoms with Gasteiger partial charge in [0.2, 0.25) is 0 Å². The van der Waals surface area contributed by atoms with Gasteiger partial charge in [-0.3, -0.25) is 0 Å². The van der Waals surface area contributed by atoms with Crippen molar-refractivity contribution in [2.24, 2.45) is 0 Å². The van der Waals surface area contributed by atoms with Gasteiger partial charge in [-0.2, -0.15) is 22.3 Å². The number of hydrogen-bond acceptors (Lipinski definition) is 3. The molecular weight excluding hydrogens is 657 g/mol. The monoisotopic (exact) mass is 703 g/mol. The summed E-state index contributed by atoms with van der Waals surface area (Å²) in [6.45, 7) is 16.1. The third kappa shape index (κ3) is 7.12. The van der Waals surface area contributed by atoms with Crippen molar-refractivity contribution in [3.8, 4) is 0 Å². The Morgan fingerprint density at radius 2 is 0.705 bits per heavy atom. The molecule has 0 aliphatic carbocycles. The van der Waals surface area contributed by atoms with Crippen molar-refractivity contribution in [3.63, 3.8) is 0 Å². The van der Waals surface area contributed by atoms with Crippen LogP contribution in [0.3, 0.4) is 0 Å². The van der Waals surface area contributed by atoms with Crippen molar-refractivity contribution >= 4 is 45.9 Å². The summed E-state index contributed by atoms with van der Waals surface area (Å²) in [7, 11) is 10.1. The van der Waals surface area contributed by atoms with Crippen LogP contribution < -0.4 is 72.7 Å². The average molecular weight is 705 g/mol. The van der Waals surface area contributed by atoms with Crippen LogP contribution in [0.4, 0.5) is 17.1 Å². The zero-order chi connectivity index (χ0) is 29.7. The molecule has 3 nitrogen and oxygen atoms in total. The summed E-state index contributed by atoms with van der Waals surface area (Å²) in [5.74, 6) is 0. The Kier molecular flexibility index (Phi) is 15.5. The number of nitrogens with zero attached hydrogens (tertiary/aromatic N) is 3. The van der Waals surface area contributed by atoms with Crippen LogP contribution in [0.5, 0.6) is 0 Å². The first-order chi connectivity index (χ1) is 18.7. The van der Waals surface area contributed by atoms with Crippen molar-refractivity contribution in [2.75, 3.05) is 57.0 Å². The maximum Gasteiger partial charge on any atom is 4.00 e. The van der Waals surface area contributed by atoms with Crippen molar-refractivity contribution in [1.29, 1.82) is 0 Å². The Morgan fingerprint density at radius 3 is 0.909 bits per heavy atom. The van der Waals surface area contributed by atoms with Gasteiger partial charge >= 0.3 is 21.7 Å². The minimum absolute atomic E-state index is 0. The third-order valence-electron chi connectivity index (χ3n) is 9.15. The van der Waals surface area contributed by atoms with E-state index in [4.69, 9.17) is 0 Å². The first-order valence-corrected chi connectivity index (χ1v) is 16.3. The van der Waals surface area contributed by atoms with E-state index in [1.54, 1.807) is 5.19 Å². The molecule has 0 bridgehead atoms. The summed E-state index contributed by atoms with van der Waals surface area (Å²) in [5, 5.41) is 5.89. The molecule has 8 heteroatoms. The number of rotatable bonds is 7. The maximum atomic E-state index is 2.49. The molecule has 0 heterocycles. The van der Waals surface area contributed by atoms with E-state index >= 15 is 0 Å². The molecule has 0 fully saturated rings. The molecule has 0 spiro atoms. The van der Waals surface area contributed by atoms with Crippen molar-refractivity contribution in [2.45, 2.75) is 48.5 Å². The number of halogens is 3. The quantitative estimate of drug-likeness (QED) is 0.111. The molecule has 0 aliphatic heterocycles. The maximum absolute atomic E-state index is 2.72. The van der Waals surface area contributed by atoms with Crippen LogP contribution in [0.2, 0.25) is 0 Å². The normalized spacial score (nSPS) is 10.6. The summed E-state index contributed by atoms with van der Waals surface area (Å²) in [5.41, 5.74) is 13.5. The predicted octanol–water partition coefficient (Wildman–Crippen LogP) is -3.85. The van der Waals surface area contributed by atoms with E-state index in [1.165, 1.54) is 71.6 Å². The Balaban J connectivity index is 0.00000462. The largest absolute Gasteiger partial charge is 4.00 e. The molecule has 4 aromatic rings. The SMILES string of the molecule is Cc1cc([Si](c2ccc(N(C)C)c(C)c2)(c2ccc(N(C)C)c(C)c2)[c-]2c(C)c(C)c(C)c2C)ccc1N(C)C.[Cl-].[Cl-].[Cl-].[Ti+4]. The zero-order valence-electron chi connectivity index (χ0n) is 28.7. The molecule has 0 aromatic heterocycles. The van der Waals surface area contributed by atoms with Gasteiger partial charge in [0.05, 0.1) is 0 Å². The topological polar surface area (TPSA) is 9.72 Å². The van der Waals surface area contributed by atoms with Crippen LogP contribution in [0.1, 0.15) is 38.9 Å². The van der Waals surface area contributed by atoms with E-state index in [1.807, 2.05) is 0 Å². The molecule has 0 atom stereocenters. The van der Waals surface area contributed by atoms with E-state index in [0.29, 0.717) is 0 Å². The molecule has 0 aliphatic rings. The second-order valence-electron chi connectivity index (χ2n) is 12.3. The van der Waals surface area contributed by atoms with Crippen LogP contribution in [-0.2, 0) is 21.7 Å². The molecule has 0 saturated carbocycles. The predicted molar refractivity (Wildman–Crippen MR) is 182 cm³/mol. The van der Waals surface area contributed by atoms with Crippen molar-refractivity contribution in [3.05, 3.63) is 93.5 Å². The first-order valence-electron chi connectivity index (χ1n) is 14.3. The molecule has 0 saturated heterocycles. The average Bonchev–Trinajstić information content (AvgIpc) is 3.07. The molecule has 4 aromatic carbocycles. The summed E-state index contributed by atoms with van der Waals surface area (Å²) >= 11 is 0. The Labute approximate surface area is 301 Å². The number of anilines is 3. The summed E-state index contributed by atoms with van der Waals surface area (Å²) in [6, 6.07) is 21.7. The molecule has 236 valence electrons. The van der Waals surface area contributed by atoms with E-state index < -0.39 is 8.07 Å². The van der Waals surface area contributed by atoms with Gasteiger partial charge in [0.1, 0.15) is 8.07 Å². The van der Waals surface area contributed by atoms with Crippen molar-refractivity contribution in [1.82, 2.24) is 0 Å². The fourth-order valence-electron chi connectivity index (χ4n) is 6.89. The van der Waals surface area contributed by atoms with E-state index in [9.17, 15) is 0 Å². The summed E-state index contributed by atoms with van der Waals surface area (Å²) < 4.78 is 0. The minimum Gasteiger partial charge on any atom is -1.00 e. The molecule has 0 N–H and O–H groups in total. The molecule has 0 radical (unpaired) electrons. The number of benzene rings is 3. The number of aryl methyl sites for hydroxylation is 3. The zero-order valence-corrected chi connectivity index (χ0v) is 33.5. The van der Waals surface area contributed by atoms with Gasteiger partial charge in [-0.05, 0) is 55.7 Å². The first kappa shape index (κ1) is 42.2. The van der Waals surface area contributed by atoms with Crippen LogP contribution in [0.25, 0.3) is 0 Å². The van der Waals surface area contributed by atoms with Gasteiger partial charge in [-0.25, -0.2) is 0 Å². The Morgan fingerprint density at radius 1 is 0.455 bits per heavy atom. The summed E-state index contributed by atoms with van der Waals surface area (Å²) in [4.78, 5) is 6.67. The van der Waals surface area contributed by atoms with Crippen molar-refractivity contribution < 1.29 is 58.9 Å². The second kappa shape index (κ2) is 16.2. The fourth-order valence-corrected chi connectivity index (χ4v) is 12.6. The Hall–Kier alpha value is -1.79. The molecular formula is C36H48Cl3N3SiTi. The van der Waals surface area contributed by atoms with Gasteiger partial charge in [0, 0.05) is 59.3 Å². The van der Waals surface area contributed by atoms with Crippen LogP contribution in [-0.4, -0.2) is 50.4 Å². The van der Waals surface area contributed by atoms with Gasteiger partial charge in [-0.15, -0.1) is 5.19 Å². The van der Waals surface area contributed by atoms with E-state index in [0.717, 1.165) is 0 Å². The van der Waals surface area contributed by atoms with Gasteiger partial charge < -0.3 is 51.9 Å². The number of hydrogen-bond donors (Lipinski definition) is 0. The smallest absolute Gasteiger partial charge is 1.00 e. The molecule has 4 rings (SSSR count). The minimum atomic E-state index is -2.72. The van der Waals surface area contributed by atoms with Crippen LogP contribution in [0, 0.1) is 48.5 Å². The molecule has 0 amide bonds. The van der Waals surface area contributed by atoms with Crippen LogP contribution >= 0.6 is 0 Å². The van der Waals surface area contributed by atoms with E-state index in [2.05, 4.69) is 160 Å². The summed E-state index contributed by atoms with van der Waals surface area (Å²) in [6.07, 6.45) is 0. The molecule has 0 unspecified atom stereocenters. The standard InChI is InChI=1S/C36H48N3Si.3ClH.Ti/c1-23-20-30(14-17-33(23)37(8)9)40(36-28(6)26(4)27(5)29(36)7,31-15-18-34(38(10)11)24(2)21-31)32-16-19-35(39(12)13)25(3)22-32;;;;/h14-22H,1-13H3;3*1H;/q-1;;;;+4/p-3. The van der Waals surface area contributed by atoms with Gasteiger partial charge in [0.15, 0.2) is 0 Å². The third-order valence-corrected chi connectivity index (χ3v) is 14.2. The molecule has 44 heavy (non-hydrogen) atoms. The van der Waals surface area contributed by atoms with Gasteiger partial charge in [0.25, 0.3) is 0 Å².